The highest BCUT2D eigenvalue weighted by atomic mass is 79.9. The molecule has 1 aromatic heterocycles. The van der Waals surface area contributed by atoms with Crippen molar-refractivity contribution in [2.24, 2.45) is 5.41 Å². The average Bonchev–Trinajstić information content (AvgIpc) is 2.73. The molecular weight excluding hydrogens is 557 g/mol. The van der Waals surface area contributed by atoms with E-state index >= 15 is 4.39 Å². The first-order valence-corrected chi connectivity index (χ1v) is 13.1. The van der Waals surface area contributed by atoms with E-state index in [1.54, 1.807) is 32.9 Å². The van der Waals surface area contributed by atoms with Crippen molar-refractivity contribution in [1.82, 2.24) is 9.88 Å². The fourth-order valence-corrected chi connectivity index (χ4v) is 5.36. The van der Waals surface area contributed by atoms with E-state index in [2.05, 4.69) is 25.8 Å². The van der Waals surface area contributed by atoms with Crippen molar-refractivity contribution in [3.63, 3.8) is 0 Å². The van der Waals surface area contributed by atoms with Crippen LogP contribution in [0, 0.1) is 17.0 Å². The molecule has 1 saturated heterocycles. The maximum Gasteiger partial charge on any atom is 0.313 e. The SMILES string of the molecule is C[C@@H]1C[C@](Cc2nc(Br)cc(C(C)(C)F)c2F)(C(=O)OC(C)(C)C)CCN1Cc1cccc(Cl)c1F. The molecule has 198 valence electrons. The summed E-state index contributed by atoms with van der Waals surface area (Å²) in [6, 6.07) is 6.05. The van der Waals surface area contributed by atoms with Crippen molar-refractivity contribution in [1.29, 1.82) is 0 Å². The zero-order valence-corrected chi connectivity index (χ0v) is 23.9. The molecule has 0 amide bonds. The largest absolute Gasteiger partial charge is 0.460 e. The number of benzene rings is 1. The van der Waals surface area contributed by atoms with Crippen LogP contribution in [-0.2, 0) is 28.2 Å². The standard InChI is InChI=1S/C27H33BrClF3N2O2/c1-16-13-27(24(35)36-25(2,3)4,10-11-34(16)15-17-8-7-9-19(29)22(17)30)14-20-23(31)18(26(5,6)32)12-21(28)33-20/h7-9,12,16H,10-11,13-15H2,1-6H3/t16-,27-/m1/s1. The first-order valence-electron chi connectivity index (χ1n) is 12.0. The fourth-order valence-electron chi connectivity index (χ4n) is 4.72. The lowest BCUT2D eigenvalue weighted by molar-refractivity contribution is -0.172. The molecule has 1 aliphatic rings. The molecule has 2 heterocycles. The molecule has 0 aliphatic carbocycles. The van der Waals surface area contributed by atoms with Gasteiger partial charge >= 0.3 is 5.97 Å². The van der Waals surface area contributed by atoms with Crippen molar-refractivity contribution in [3.8, 4) is 0 Å². The van der Waals surface area contributed by atoms with E-state index in [0.717, 1.165) is 0 Å². The minimum absolute atomic E-state index is 0.0116. The van der Waals surface area contributed by atoms with Crippen molar-refractivity contribution >= 4 is 33.5 Å². The fraction of sp³-hybridized carbons (Fsp3) is 0.556. The van der Waals surface area contributed by atoms with Crippen LogP contribution in [-0.4, -0.2) is 34.0 Å². The lowest BCUT2D eigenvalue weighted by Crippen LogP contribution is -2.51. The van der Waals surface area contributed by atoms with Crippen molar-refractivity contribution in [2.75, 3.05) is 6.54 Å². The van der Waals surface area contributed by atoms with Crippen LogP contribution in [0.25, 0.3) is 0 Å². The maximum atomic E-state index is 15.5. The molecule has 9 heteroatoms. The number of likely N-dealkylation sites (tertiary alicyclic amines) is 1. The number of hydrogen-bond acceptors (Lipinski definition) is 4. The second-order valence-corrected chi connectivity index (χ2v) is 12.4. The monoisotopic (exact) mass is 588 g/mol. The summed E-state index contributed by atoms with van der Waals surface area (Å²) in [4.78, 5) is 19.9. The van der Waals surface area contributed by atoms with Crippen LogP contribution in [0.3, 0.4) is 0 Å². The number of pyridine rings is 1. The van der Waals surface area contributed by atoms with Crippen LogP contribution in [0.5, 0.6) is 0 Å². The minimum Gasteiger partial charge on any atom is -0.460 e. The van der Waals surface area contributed by atoms with Gasteiger partial charge in [-0.25, -0.2) is 18.2 Å². The summed E-state index contributed by atoms with van der Waals surface area (Å²) < 4.78 is 50.8. The molecule has 36 heavy (non-hydrogen) atoms. The predicted molar refractivity (Wildman–Crippen MR) is 139 cm³/mol. The molecule has 0 radical (unpaired) electrons. The Labute approximate surface area is 224 Å². The number of ether oxygens (including phenoxy) is 1. The minimum atomic E-state index is -1.93. The van der Waals surface area contributed by atoms with Crippen LogP contribution in [0.4, 0.5) is 13.2 Å². The van der Waals surface area contributed by atoms with Gasteiger partial charge in [-0.1, -0.05) is 23.7 Å². The molecule has 4 nitrogen and oxygen atoms in total. The molecule has 2 aromatic rings. The van der Waals surface area contributed by atoms with E-state index in [-0.39, 0.29) is 28.7 Å². The molecule has 1 fully saturated rings. The van der Waals surface area contributed by atoms with Gasteiger partial charge in [0.2, 0.25) is 0 Å². The second kappa shape index (κ2) is 10.6. The van der Waals surface area contributed by atoms with Crippen LogP contribution in [0.15, 0.2) is 28.9 Å². The zero-order chi connectivity index (χ0) is 27.1. The number of halogens is 5. The van der Waals surface area contributed by atoms with Gasteiger partial charge in [0.05, 0.1) is 16.1 Å². The number of alkyl halides is 1. The lowest BCUT2D eigenvalue weighted by atomic mass is 9.71. The van der Waals surface area contributed by atoms with Gasteiger partial charge in [-0.15, -0.1) is 0 Å². The number of esters is 1. The van der Waals surface area contributed by atoms with E-state index in [1.165, 1.54) is 26.0 Å². The molecule has 0 unspecified atom stereocenters. The summed E-state index contributed by atoms with van der Waals surface area (Å²) >= 11 is 9.22. The third-order valence-electron chi connectivity index (χ3n) is 6.57. The first kappa shape index (κ1) is 28.9. The van der Waals surface area contributed by atoms with Gasteiger partial charge < -0.3 is 4.74 Å². The predicted octanol–water partition coefficient (Wildman–Crippen LogP) is 7.54. The Morgan fingerprint density at radius 2 is 1.92 bits per heavy atom. The van der Waals surface area contributed by atoms with Crippen molar-refractivity contribution < 1.29 is 22.7 Å². The van der Waals surface area contributed by atoms with Gasteiger partial charge in [-0.3, -0.25) is 9.69 Å². The van der Waals surface area contributed by atoms with Gasteiger partial charge in [0.15, 0.2) is 5.82 Å². The van der Waals surface area contributed by atoms with Crippen LogP contribution in [0.1, 0.15) is 71.2 Å². The smallest absolute Gasteiger partial charge is 0.313 e. The summed E-state index contributed by atoms with van der Waals surface area (Å²) in [6.45, 7) is 10.6. The molecule has 2 atom stereocenters. The average molecular weight is 590 g/mol. The Morgan fingerprint density at radius 1 is 1.25 bits per heavy atom. The number of nitrogens with zero attached hydrogens (tertiary/aromatic N) is 2. The third kappa shape index (κ3) is 6.62. The highest BCUT2D eigenvalue weighted by Gasteiger charge is 2.47. The first-order chi connectivity index (χ1) is 16.5. The van der Waals surface area contributed by atoms with Gasteiger partial charge in [-0.2, -0.15) is 0 Å². The molecule has 0 N–H and O–H groups in total. The number of piperidine rings is 1. The van der Waals surface area contributed by atoms with Gasteiger partial charge in [0.1, 0.15) is 21.7 Å². The van der Waals surface area contributed by atoms with E-state index < -0.39 is 34.3 Å². The van der Waals surface area contributed by atoms with E-state index in [1.807, 2.05) is 6.92 Å². The Hall–Kier alpha value is -1.64. The van der Waals surface area contributed by atoms with E-state index in [4.69, 9.17) is 16.3 Å². The molecule has 0 bridgehead atoms. The maximum absolute atomic E-state index is 15.5. The highest BCUT2D eigenvalue weighted by molar-refractivity contribution is 9.10. The zero-order valence-electron chi connectivity index (χ0n) is 21.5. The summed E-state index contributed by atoms with van der Waals surface area (Å²) in [5.41, 5.74) is -3.40. The second-order valence-electron chi connectivity index (χ2n) is 11.2. The Kier molecular flexibility index (Phi) is 8.53. The molecule has 1 aliphatic heterocycles. The molecular formula is C27H33BrClF3N2O2. The van der Waals surface area contributed by atoms with Crippen molar-refractivity contribution in [3.05, 3.63) is 62.3 Å². The summed E-state index contributed by atoms with van der Waals surface area (Å²) in [6.07, 6.45) is 0.641. The number of carbonyl (C=O) groups excluding carboxylic acids is 1. The van der Waals surface area contributed by atoms with Crippen LogP contribution in [0.2, 0.25) is 5.02 Å². The number of carbonyl (C=O) groups is 1. The van der Waals surface area contributed by atoms with E-state index in [0.29, 0.717) is 36.1 Å². The number of aromatic nitrogens is 1. The van der Waals surface area contributed by atoms with Crippen LogP contribution < -0.4 is 0 Å². The summed E-state index contributed by atoms with van der Waals surface area (Å²) in [7, 11) is 0. The number of hydrogen-bond donors (Lipinski definition) is 0. The molecule has 1 aromatic carbocycles. The summed E-state index contributed by atoms with van der Waals surface area (Å²) in [5.74, 6) is -1.67. The Morgan fingerprint density at radius 3 is 2.50 bits per heavy atom. The molecule has 0 saturated carbocycles. The third-order valence-corrected chi connectivity index (χ3v) is 7.26. The number of rotatable bonds is 6. The topological polar surface area (TPSA) is 42.4 Å². The van der Waals surface area contributed by atoms with Gasteiger partial charge in [-0.05, 0) is 89.0 Å². The molecule has 0 spiro atoms. The van der Waals surface area contributed by atoms with Crippen molar-refractivity contribution in [2.45, 2.75) is 84.7 Å². The van der Waals surface area contributed by atoms with Gasteiger partial charge in [0.25, 0.3) is 0 Å². The molecule has 3 rings (SSSR count). The quantitative estimate of drug-likeness (QED) is 0.258. The Balaban J connectivity index is 1.96. The lowest BCUT2D eigenvalue weighted by Gasteiger charge is -2.45. The van der Waals surface area contributed by atoms with Gasteiger partial charge in [0, 0.05) is 30.1 Å². The highest BCUT2D eigenvalue weighted by Crippen LogP contribution is 2.42. The Bertz CT molecular complexity index is 1130. The summed E-state index contributed by atoms with van der Waals surface area (Å²) in [5, 5.41) is 0.0584. The van der Waals surface area contributed by atoms with E-state index in [9.17, 15) is 13.6 Å². The van der Waals surface area contributed by atoms with Crippen LogP contribution >= 0.6 is 27.5 Å². The normalized spacial score (nSPS) is 21.5.